The minimum atomic E-state index is -0.772. The fourth-order valence-corrected chi connectivity index (χ4v) is 4.68. The van der Waals surface area contributed by atoms with E-state index in [-0.39, 0.29) is 29.0 Å². The van der Waals surface area contributed by atoms with Crippen molar-refractivity contribution >= 4 is 51.1 Å². The fraction of sp³-hybridized carbons (Fsp3) is 0.240. The van der Waals surface area contributed by atoms with Gasteiger partial charge in [-0.15, -0.1) is 12.4 Å². The number of aromatic nitrogens is 3. The highest BCUT2D eigenvalue weighted by Gasteiger charge is 2.20. The highest BCUT2D eigenvalue weighted by molar-refractivity contribution is 7.22. The summed E-state index contributed by atoms with van der Waals surface area (Å²) in [6.45, 7) is 0.925. The molecule has 2 heterocycles. The standard InChI is InChI=1S/C25H24F2N4O4S.ClH/c1-33-19-11-16(12-20(34-2)24(19)35-3)5-6-22(32)31(9-4-8-30-10-7-28-15-30)25-29-23-18(27)13-17(26)14-21(23)36-25;/h5-7,10-15H,4,8-9H2,1-3H3;1H/b6-5+;. The highest BCUT2D eigenvalue weighted by Crippen LogP contribution is 2.38. The van der Waals surface area contributed by atoms with Crippen molar-refractivity contribution in [2.24, 2.45) is 0 Å². The normalized spacial score (nSPS) is 10.9. The van der Waals surface area contributed by atoms with Crippen LogP contribution in [0.4, 0.5) is 13.9 Å². The molecule has 0 spiro atoms. The van der Waals surface area contributed by atoms with E-state index >= 15 is 0 Å². The lowest BCUT2D eigenvalue weighted by Crippen LogP contribution is -2.30. The molecule has 0 aliphatic heterocycles. The van der Waals surface area contributed by atoms with Crippen LogP contribution in [0.25, 0.3) is 16.3 Å². The van der Waals surface area contributed by atoms with Crippen molar-refractivity contribution in [3.8, 4) is 17.2 Å². The van der Waals surface area contributed by atoms with Crippen molar-refractivity contribution in [2.75, 3.05) is 32.8 Å². The van der Waals surface area contributed by atoms with E-state index in [1.54, 1.807) is 30.7 Å². The summed E-state index contributed by atoms with van der Waals surface area (Å²) in [5.74, 6) is -0.501. The lowest BCUT2D eigenvalue weighted by atomic mass is 10.1. The van der Waals surface area contributed by atoms with Crippen LogP contribution in [0.5, 0.6) is 17.2 Å². The van der Waals surface area contributed by atoms with Crippen LogP contribution in [0.3, 0.4) is 0 Å². The number of anilines is 1. The molecular formula is C25H25ClF2N4O4S. The second kappa shape index (κ2) is 12.5. The topological polar surface area (TPSA) is 78.7 Å². The molecule has 4 rings (SSSR count). The molecule has 0 radical (unpaired) electrons. The molecule has 0 saturated heterocycles. The summed E-state index contributed by atoms with van der Waals surface area (Å²) in [7, 11) is 4.52. The van der Waals surface area contributed by atoms with Crippen molar-refractivity contribution in [3.63, 3.8) is 0 Å². The third kappa shape index (κ3) is 6.36. The Morgan fingerprint density at radius 1 is 1.11 bits per heavy atom. The predicted octanol–water partition coefficient (Wildman–Crippen LogP) is 5.36. The number of fused-ring (bicyclic) bond motifs is 1. The summed E-state index contributed by atoms with van der Waals surface area (Å²) in [6.07, 6.45) is 8.78. The van der Waals surface area contributed by atoms with Gasteiger partial charge in [0.25, 0.3) is 5.91 Å². The van der Waals surface area contributed by atoms with Crippen molar-refractivity contribution in [3.05, 3.63) is 66.3 Å². The van der Waals surface area contributed by atoms with E-state index in [9.17, 15) is 13.6 Å². The number of methoxy groups -OCH3 is 3. The van der Waals surface area contributed by atoms with Gasteiger partial charge in [0, 0.05) is 37.6 Å². The predicted molar refractivity (Wildman–Crippen MR) is 141 cm³/mol. The summed E-state index contributed by atoms with van der Waals surface area (Å²) in [6, 6.07) is 5.41. The van der Waals surface area contributed by atoms with Gasteiger partial charge in [-0.2, -0.15) is 0 Å². The van der Waals surface area contributed by atoms with Crippen molar-refractivity contribution < 1.29 is 27.8 Å². The van der Waals surface area contributed by atoms with E-state index < -0.39 is 11.6 Å². The molecule has 4 aromatic rings. The maximum atomic E-state index is 14.3. The van der Waals surface area contributed by atoms with Gasteiger partial charge in [0.05, 0.1) is 32.4 Å². The van der Waals surface area contributed by atoms with Gasteiger partial charge < -0.3 is 18.8 Å². The van der Waals surface area contributed by atoms with Crippen molar-refractivity contribution in [1.82, 2.24) is 14.5 Å². The van der Waals surface area contributed by atoms with Crippen LogP contribution in [0.2, 0.25) is 0 Å². The molecule has 0 bridgehead atoms. The molecule has 0 fully saturated rings. The van der Waals surface area contributed by atoms with Gasteiger partial charge in [0.2, 0.25) is 5.75 Å². The number of carbonyl (C=O) groups excluding carboxylic acids is 1. The Morgan fingerprint density at radius 2 is 1.84 bits per heavy atom. The number of amides is 1. The van der Waals surface area contributed by atoms with Crippen LogP contribution < -0.4 is 19.1 Å². The molecule has 0 atom stereocenters. The number of benzene rings is 2. The average molecular weight is 551 g/mol. The Bertz CT molecular complexity index is 1370. The van der Waals surface area contributed by atoms with Gasteiger partial charge >= 0.3 is 0 Å². The fourth-order valence-electron chi connectivity index (χ4n) is 3.65. The molecule has 1 amide bonds. The third-order valence-corrected chi connectivity index (χ3v) is 6.39. The van der Waals surface area contributed by atoms with Crippen LogP contribution >= 0.6 is 23.7 Å². The molecule has 0 N–H and O–H groups in total. The highest BCUT2D eigenvalue weighted by atomic mass is 35.5. The smallest absolute Gasteiger partial charge is 0.252 e. The Morgan fingerprint density at radius 3 is 2.46 bits per heavy atom. The summed E-state index contributed by atoms with van der Waals surface area (Å²) >= 11 is 1.05. The number of ether oxygens (including phenoxy) is 3. The number of thiazole rings is 1. The molecule has 0 aliphatic carbocycles. The second-order valence-corrected chi connectivity index (χ2v) is 8.68. The first-order valence-corrected chi connectivity index (χ1v) is 11.8. The molecule has 196 valence electrons. The zero-order chi connectivity index (χ0) is 25.7. The number of rotatable bonds is 10. The quantitative estimate of drug-likeness (QED) is 0.248. The summed E-state index contributed by atoms with van der Waals surface area (Å²) in [4.78, 5) is 23.1. The largest absolute Gasteiger partial charge is 0.493 e. The minimum absolute atomic E-state index is 0. The van der Waals surface area contributed by atoms with E-state index in [4.69, 9.17) is 14.2 Å². The van der Waals surface area contributed by atoms with E-state index in [1.807, 2.05) is 10.8 Å². The van der Waals surface area contributed by atoms with Gasteiger partial charge in [-0.05, 0) is 36.3 Å². The first kappa shape index (κ1) is 27.9. The monoisotopic (exact) mass is 550 g/mol. The number of halogens is 3. The molecule has 2 aromatic heterocycles. The lowest BCUT2D eigenvalue weighted by Gasteiger charge is -2.18. The molecular weight excluding hydrogens is 526 g/mol. The van der Waals surface area contributed by atoms with E-state index in [0.29, 0.717) is 47.0 Å². The number of aryl methyl sites for hydroxylation is 1. The second-order valence-electron chi connectivity index (χ2n) is 7.67. The molecule has 2 aromatic carbocycles. The van der Waals surface area contributed by atoms with Crippen molar-refractivity contribution in [2.45, 2.75) is 13.0 Å². The number of hydrogen-bond acceptors (Lipinski definition) is 7. The Kier molecular flexibility index (Phi) is 9.42. The maximum absolute atomic E-state index is 14.3. The summed E-state index contributed by atoms with van der Waals surface area (Å²) < 4.78 is 46.3. The van der Waals surface area contributed by atoms with Crippen LogP contribution in [-0.2, 0) is 11.3 Å². The Balaban J connectivity index is 0.00000380. The van der Waals surface area contributed by atoms with Gasteiger partial charge in [-0.1, -0.05) is 11.3 Å². The van der Waals surface area contributed by atoms with Gasteiger partial charge in [0.15, 0.2) is 22.4 Å². The van der Waals surface area contributed by atoms with Crippen LogP contribution in [-0.4, -0.2) is 48.3 Å². The Hall–Kier alpha value is -3.70. The van der Waals surface area contributed by atoms with Crippen LogP contribution in [0.15, 0.2) is 49.1 Å². The first-order valence-electron chi connectivity index (χ1n) is 10.9. The number of nitrogens with zero attached hydrogens (tertiary/aromatic N) is 4. The summed E-state index contributed by atoms with van der Waals surface area (Å²) in [5, 5.41) is 0.277. The zero-order valence-electron chi connectivity index (χ0n) is 20.3. The Labute approximate surface area is 222 Å². The zero-order valence-corrected chi connectivity index (χ0v) is 21.9. The third-order valence-electron chi connectivity index (χ3n) is 5.36. The maximum Gasteiger partial charge on any atom is 0.252 e. The van der Waals surface area contributed by atoms with Gasteiger partial charge in [-0.25, -0.2) is 18.7 Å². The van der Waals surface area contributed by atoms with Gasteiger partial charge in [0.1, 0.15) is 11.3 Å². The van der Waals surface area contributed by atoms with Crippen LogP contribution in [0.1, 0.15) is 12.0 Å². The van der Waals surface area contributed by atoms with Gasteiger partial charge in [-0.3, -0.25) is 9.69 Å². The first-order chi connectivity index (χ1) is 17.4. The van der Waals surface area contributed by atoms with E-state index in [1.165, 1.54) is 38.4 Å². The molecule has 12 heteroatoms. The van der Waals surface area contributed by atoms with E-state index in [0.717, 1.165) is 17.4 Å². The van der Waals surface area contributed by atoms with E-state index in [2.05, 4.69) is 9.97 Å². The molecule has 0 saturated carbocycles. The lowest BCUT2D eigenvalue weighted by molar-refractivity contribution is -0.114. The number of carbonyl (C=O) groups is 1. The molecule has 0 aliphatic rings. The average Bonchev–Trinajstić information content (AvgIpc) is 3.54. The number of hydrogen-bond donors (Lipinski definition) is 0. The van der Waals surface area contributed by atoms with Crippen LogP contribution in [0, 0.1) is 11.6 Å². The summed E-state index contributed by atoms with van der Waals surface area (Å²) in [5.41, 5.74) is 0.672. The number of imidazole rings is 1. The SMILES string of the molecule is COc1cc(/C=C/C(=O)N(CCCn2ccnc2)c2nc3c(F)cc(F)cc3s2)cc(OC)c1OC.Cl. The molecule has 8 nitrogen and oxygen atoms in total. The molecule has 37 heavy (non-hydrogen) atoms. The minimum Gasteiger partial charge on any atom is -0.493 e. The van der Waals surface area contributed by atoms with Crippen molar-refractivity contribution in [1.29, 1.82) is 0 Å². The molecule has 0 unspecified atom stereocenters.